The average Bonchev–Trinajstić information content (AvgIpc) is 2.48. The number of aromatic carboxylic acids is 1. The van der Waals surface area contributed by atoms with Gasteiger partial charge < -0.3 is 15.2 Å². The van der Waals surface area contributed by atoms with Crippen molar-refractivity contribution in [3.63, 3.8) is 0 Å². The molecule has 0 radical (unpaired) electrons. The smallest absolute Gasteiger partial charge is 0.339 e. The summed E-state index contributed by atoms with van der Waals surface area (Å²) in [7, 11) is 1.45. The van der Waals surface area contributed by atoms with Gasteiger partial charge in [-0.1, -0.05) is 12.1 Å². The van der Waals surface area contributed by atoms with Crippen molar-refractivity contribution in [3.8, 4) is 5.75 Å². The summed E-state index contributed by atoms with van der Waals surface area (Å²) < 4.78 is 4.83. The fourth-order valence-electron chi connectivity index (χ4n) is 1.92. The van der Waals surface area contributed by atoms with Crippen LogP contribution in [0, 0.1) is 5.92 Å². The van der Waals surface area contributed by atoms with E-state index >= 15 is 0 Å². The maximum absolute atomic E-state index is 10.5. The van der Waals surface area contributed by atoms with Gasteiger partial charge >= 0.3 is 5.97 Å². The lowest BCUT2D eigenvalue weighted by Gasteiger charge is -2.22. The number of hydrogen-bond acceptors (Lipinski definition) is 3. The van der Waals surface area contributed by atoms with Gasteiger partial charge in [-0.05, 0) is 44.0 Å². The number of rotatable bonds is 3. The van der Waals surface area contributed by atoms with Gasteiger partial charge in [0.15, 0.2) is 0 Å². The molecule has 0 unspecified atom stereocenters. The van der Waals surface area contributed by atoms with E-state index in [2.05, 4.69) is 5.32 Å². The fraction of sp³-hybridized carbons (Fsp3) is 0.500. The van der Waals surface area contributed by atoms with E-state index in [9.17, 15) is 4.79 Å². The number of carboxylic acids is 1. The zero-order valence-electron chi connectivity index (χ0n) is 11.3. The van der Waals surface area contributed by atoms with Gasteiger partial charge in [-0.15, -0.1) is 23.2 Å². The number of carbonyl (C=O) groups is 1. The van der Waals surface area contributed by atoms with Crippen molar-refractivity contribution in [2.75, 3.05) is 20.2 Å². The zero-order valence-corrected chi connectivity index (χ0v) is 12.8. The van der Waals surface area contributed by atoms with Crippen molar-refractivity contribution in [1.82, 2.24) is 5.32 Å². The van der Waals surface area contributed by atoms with E-state index in [1.807, 2.05) is 0 Å². The number of alkyl halides is 2. The standard InChI is InChI=1S/C8H8O3.C6H11Cl2N/c1-11-7-5-3-2-4-6(7)8(9)10;7-6(8)5-1-3-9-4-2-5/h2-5H,1H3,(H,9,10);5-6,9H,1-4H2. The van der Waals surface area contributed by atoms with Crippen molar-refractivity contribution in [2.24, 2.45) is 5.92 Å². The highest BCUT2D eigenvalue weighted by Crippen LogP contribution is 2.23. The van der Waals surface area contributed by atoms with Gasteiger partial charge in [-0.2, -0.15) is 0 Å². The Hall–Kier alpha value is -0.970. The summed E-state index contributed by atoms with van der Waals surface area (Å²) in [4.78, 5) is 10.3. The summed E-state index contributed by atoms with van der Waals surface area (Å²) >= 11 is 11.4. The first kappa shape index (κ1) is 17.1. The molecule has 1 fully saturated rings. The maximum Gasteiger partial charge on any atom is 0.339 e. The molecule has 0 atom stereocenters. The first-order chi connectivity index (χ1) is 9.56. The summed E-state index contributed by atoms with van der Waals surface area (Å²) in [6.07, 6.45) is 2.25. The number of ether oxygens (including phenoxy) is 1. The second kappa shape index (κ2) is 9.06. The Kier molecular flexibility index (Phi) is 7.73. The van der Waals surface area contributed by atoms with Crippen LogP contribution in [0.1, 0.15) is 23.2 Å². The second-order valence-corrected chi connectivity index (χ2v) is 5.59. The molecule has 1 saturated heterocycles. The van der Waals surface area contributed by atoms with Gasteiger partial charge in [-0.3, -0.25) is 0 Å². The molecule has 6 heteroatoms. The number of halogens is 2. The molecule has 4 nitrogen and oxygen atoms in total. The second-order valence-electron chi connectivity index (χ2n) is 4.43. The molecule has 0 spiro atoms. The van der Waals surface area contributed by atoms with Gasteiger partial charge in [-0.25, -0.2) is 4.79 Å². The third kappa shape index (κ3) is 5.57. The molecule has 0 bridgehead atoms. The summed E-state index contributed by atoms with van der Waals surface area (Å²) in [6.45, 7) is 2.14. The van der Waals surface area contributed by atoms with Crippen LogP contribution >= 0.6 is 23.2 Å². The van der Waals surface area contributed by atoms with E-state index in [4.69, 9.17) is 33.0 Å². The summed E-state index contributed by atoms with van der Waals surface area (Å²) in [5, 5.41) is 11.9. The Labute approximate surface area is 129 Å². The molecule has 2 N–H and O–H groups in total. The Morgan fingerprint density at radius 2 is 1.95 bits per heavy atom. The van der Waals surface area contributed by atoms with Crippen LogP contribution in [0.4, 0.5) is 0 Å². The van der Waals surface area contributed by atoms with Gasteiger partial charge in [0.2, 0.25) is 0 Å². The van der Waals surface area contributed by atoms with E-state index < -0.39 is 5.97 Å². The van der Waals surface area contributed by atoms with Crippen molar-refractivity contribution >= 4 is 29.2 Å². The van der Waals surface area contributed by atoms with Crippen molar-refractivity contribution in [1.29, 1.82) is 0 Å². The van der Waals surface area contributed by atoms with Crippen molar-refractivity contribution in [2.45, 2.75) is 17.7 Å². The lowest BCUT2D eigenvalue weighted by molar-refractivity contribution is 0.0693. The monoisotopic (exact) mass is 319 g/mol. The minimum atomic E-state index is -0.970. The van der Waals surface area contributed by atoms with Crippen LogP contribution in [0.2, 0.25) is 0 Å². The number of hydrogen-bond donors (Lipinski definition) is 2. The number of carboxylic acid groups (broad SMARTS) is 1. The molecule has 0 saturated carbocycles. The molecule has 112 valence electrons. The van der Waals surface area contributed by atoms with Crippen LogP contribution in [0.15, 0.2) is 24.3 Å². The van der Waals surface area contributed by atoms with Crippen LogP contribution in [0.5, 0.6) is 5.75 Å². The highest BCUT2D eigenvalue weighted by atomic mass is 35.5. The highest BCUT2D eigenvalue weighted by molar-refractivity contribution is 6.44. The first-order valence-corrected chi connectivity index (χ1v) is 7.28. The van der Waals surface area contributed by atoms with Crippen LogP contribution in [-0.2, 0) is 0 Å². The SMILES string of the molecule is COc1ccccc1C(=O)O.ClC(Cl)C1CCNCC1. The van der Waals surface area contributed by atoms with Crippen LogP contribution < -0.4 is 10.1 Å². The van der Waals surface area contributed by atoms with Gasteiger partial charge in [0.05, 0.1) is 7.11 Å². The predicted molar refractivity (Wildman–Crippen MR) is 81.0 cm³/mol. The summed E-state index contributed by atoms with van der Waals surface area (Å²) in [6, 6.07) is 6.50. The number of benzene rings is 1. The largest absolute Gasteiger partial charge is 0.496 e. The van der Waals surface area contributed by atoms with Gasteiger partial charge in [0, 0.05) is 0 Å². The normalized spacial score (nSPS) is 15.4. The molecule has 2 rings (SSSR count). The lowest BCUT2D eigenvalue weighted by atomic mass is 10.0. The van der Waals surface area contributed by atoms with E-state index in [1.54, 1.807) is 18.2 Å². The quantitative estimate of drug-likeness (QED) is 0.840. The molecular weight excluding hydrogens is 301 g/mol. The average molecular weight is 320 g/mol. The van der Waals surface area contributed by atoms with E-state index in [-0.39, 0.29) is 10.4 Å². The topological polar surface area (TPSA) is 58.6 Å². The molecule has 1 aromatic rings. The molecule has 1 aliphatic heterocycles. The Morgan fingerprint density at radius 1 is 1.35 bits per heavy atom. The van der Waals surface area contributed by atoms with Crippen molar-refractivity contribution in [3.05, 3.63) is 29.8 Å². The number of methoxy groups -OCH3 is 1. The Morgan fingerprint density at radius 3 is 2.35 bits per heavy atom. The highest BCUT2D eigenvalue weighted by Gasteiger charge is 2.18. The third-order valence-electron chi connectivity index (χ3n) is 3.08. The van der Waals surface area contributed by atoms with Crippen LogP contribution in [0.3, 0.4) is 0 Å². The molecular formula is C14H19Cl2NO3. The Balaban J connectivity index is 0.000000204. The molecule has 20 heavy (non-hydrogen) atoms. The number of para-hydroxylation sites is 1. The zero-order chi connectivity index (χ0) is 15.0. The molecule has 0 aliphatic carbocycles. The third-order valence-corrected chi connectivity index (χ3v) is 3.79. The molecule has 1 aromatic carbocycles. The first-order valence-electron chi connectivity index (χ1n) is 6.41. The van der Waals surface area contributed by atoms with E-state index in [1.165, 1.54) is 13.2 Å². The molecule has 1 heterocycles. The van der Waals surface area contributed by atoms with Crippen LogP contribution in [0.25, 0.3) is 0 Å². The molecule has 0 aromatic heterocycles. The van der Waals surface area contributed by atoms with E-state index in [0.717, 1.165) is 25.9 Å². The van der Waals surface area contributed by atoms with Gasteiger partial charge in [0.1, 0.15) is 16.1 Å². The predicted octanol–water partition coefficient (Wildman–Crippen LogP) is 3.18. The Bertz CT molecular complexity index is 421. The minimum absolute atomic E-state index is 0.160. The van der Waals surface area contributed by atoms with Crippen molar-refractivity contribution < 1.29 is 14.6 Å². The maximum atomic E-state index is 10.5. The van der Waals surface area contributed by atoms with Crippen LogP contribution in [-0.4, -0.2) is 36.1 Å². The number of piperidine rings is 1. The van der Waals surface area contributed by atoms with Gasteiger partial charge in [0.25, 0.3) is 0 Å². The summed E-state index contributed by atoms with van der Waals surface area (Å²) in [5.41, 5.74) is 0.190. The fourth-order valence-corrected chi connectivity index (χ4v) is 2.42. The molecule has 1 aliphatic rings. The lowest BCUT2D eigenvalue weighted by Crippen LogP contribution is -2.30. The number of nitrogens with one attached hydrogen (secondary N) is 1. The van der Waals surface area contributed by atoms with E-state index in [0.29, 0.717) is 11.7 Å². The summed E-state index contributed by atoms with van der Waals surface area (Å²) in [5.74, 6) is -0.0583. The molecule has 0 amide bonds. The minimum Gasteiger partial charge on any atom is -0.496 e.